The maximum atomic E-state index is 12.4. The minimum Gasteiger partial charge on any atom is -0.342 e. The highest BCUT2D eigenvalue weighted by Crippen LogP contribution is 2.22. The fourth-order valence-electron chi connectivity index (χ4n) is 3.38. The molecular weight excluding hydrogens is 348 g/mol. The van der Waals surface area contributed by atoms with E-state index in [2.05, 4.69) is 10.6 Å². The first-order valence-electron chi connectivity index (χ1n) is 9.47. The SMILES string of the molecule is CCC(CC)C(=O)N1CCC(NC(=O)Nc2ccc(C)c([N+](=O)[O-])c2)CC1. The predicted molar refractivity (Wildman–Crippen MR) is 104 cm³/mol. The van der Waals surface area contributed by atoms with Crippen molar-refractivity contribution in [2.24, 2.45) is 5.92 Å². The number of carbonyl (C=O) groups is 2. The first-order chi connectivity index (χ1) is 12.8. The second-order valence-corrected chi connectivity index (χ2v) is 6.97. The Morgan fingerprint density at radius 3 is 2.44 bits per heavy atom. The van der Waals surface area contributed by atoms with Crippen molar-refractivity contribution in [3.63, 3.8) is 0 Å². The van der Waals surface area contributed by atoms with Crippen LogP contribution in [0.3, 0.4) is 0 Å². The zero-order chi connectivity index (χ0) is 20.0. The number of benzene rings is 1. The van der Waals surface area contributed by atoms with E-state index in [1.165, 1.54) is 6.07 Å². The van der Waals surface area contributed by atoms with Crippen molar-refractivity contribution < 1.29 is 14.5 Å². The first kappa shape index (κ1) is 20.7. The fourth-order valence-corrected chi connectivity index (χ4v) is 3.38. The molecule has 0 spiro atoms. The van der Waals surface area contributed by atoms with E-state index in [-0.39, 0.29) is 23.6 Å². The number of urea groups is 1. The molecule has 0 saturated carbocycles. The highest BCUT2D eigenvalue weighted by Gasteiger charge is 2.27. The quantitative estimate of drug-likeness (QED) is 0.586. The van der Waals surface area contributed by atoms with Crippen LogP contribution < -0.4 is 10.6 Å². The van der Waals surface area contributed by atoms with Crippen LogP contribution in [0.5, 0.6) is 0 Å². The number of piperidine rings is 1. The lowest BCUT2D eigenvalue weighted by Crippen LogP contribution is -2.48. The third-order valence-corrected chi connectivity index (χ3v) is 5.14. The van der Waals surface area contributed by atoms with Gasteiger partial charge >= 0.3 is 6.03 Å². The summed E-state index contributed by atoms with van der Waals surface area (Å²) >= 11 is 0. The molecule has 8 heteroatoms. The van der Waals surface area contributed by atoms with E-state index in [1.54, 1.807) is 19.1 Å². The van der Waals surface area contributed by atoms with Crippen LogP contribution in [0.1, 0.15) is 45.1 Å². The van der Waals surface area contributed by atoms with Gasteiger partial charge in [0.25, 0.3) is 5.69 Å². The zero-order valence-electron chi connectivity index (χ0n) is 16.2. The molecule has 2 N–H and O–H groups in total. The Kier molecular flexibility index (Phi) is 7.15. The van der Waals surface area contributed by atoms with E-state index in [0.29, 0.717) is 37.2 Å². The Bertz CT molecular complexity index is 695. The molecule has 0 aromatic heterocycles. The van der Waals surface area contributed by atoms with Gasteiger partial charge in [0, 0.05) is 42.4 Å². The van der Waals surface area contributed by atoms with Crippen molar-refractivity contribution in [1.82, 2.24) is 10.2 Å². The number of nitro benzene ring substituents is 1. The summed E-state index contributed by atoms with van der Waals surface area (Å²) < 4.78 is 0. The number of nitro groups is 1. The molecule has 0 atom stereocenters. The molecule has 0 bridgehead atoms. The number of nitrogens with zero attached hydrogens (tertiary/aromatic N) is 2. The minimum atomic E-state index is -0.467. The average Bonchev–Trinajstić information content (AvgIpc) is 2.64. The molecule has 1 aromatic carbocycles. The lowest BCUT2D eigenvalue weighted by Gasteiger charge is -2.34. The summed E-state index contributed by atoms with van der Waals surface area (Å²) in [4.78, 5) is 37.0. The van der Waals surface area contributed by atoms with E-state index in [1.807, 2.05) is 18.7 Å². The van der Waals surface area contributed by atoms with Crippen molar-refractivity contribution >= 4 is 23.3 Å². The molecular formula is C19H28N4O4. The monoisotopic (exact) mass is 376 g/mol. The van der Waals surface area contributed by atoms with Gasteiger partial charge in [-0.2, -0.15) is 0 Å². The number of amides is 3. The number of rotatable bonds is 6. The summed E-state index contributed by atoms with van der Waals surface area (Å²) in [6.07, 6.45) is 3.10. The van der Waals surface area contributed by atoms with Gasteiger partial charge < -0.3 is 15.5 Å². The van der Waals surface area contributed by atoms with Gasteiger partial charge in [0.1, 0.15) is 0 Å². The first-order valence-corrected chi connectivity index (χ1v) is 9.47. The fraction of sp³-hybridized carbons (Fsp3) is 0.579. The summed E-state index contributed by atoms with van der Waals surface area (Å²) in [5, 5.41) is 16.5. The van der Waals surface area contributed by atoms with Crippen molar-refractivity contribution in [1.29, 1.82) is 0 Å². The van der Waals surface area contributed by atoms with Crippen LogP contribution in [0, 0.1) is 23.0 Å². The summed E-state index contributed by atoms with van der Waals surface area (Å²) in [6, 6.07) is 4.19. The van der Waals surface area contributed by atoms with Gasteiger partial charge in [0.2, 0.25) is 5.91 Å². The summed E-state index contributed by atoms with van der Waals surface area (Å²) in [7, 11) is 0. The van der Waals surface area contributed by atoms with E-state index in [4.69, 9.17) is 0 Å². The third kappa shape index (κ3) is 5.42. The van der Waals surface area contributed by atoms with Gasteiger partial charge in [-0.3, -0.25) is 14.9 Å². The third-order valence-electron chi connectivity index (χ3n) is 5.14. The van der Waals surface area contributed by atoms with Crippen molar-refractivity contribution in [2.45, 2.75) is 52.5 Å². The molecule has 0 unspecified atom stereocenters. The number of nitrogens with one attached hydrogen (secondary N) is 2. The Labute approximate surface area is 159 Å². The number of hydrogen-bond donors (Lipinski definition) is 2. The van der Waals surface area contributed by atoms with Crippen molar-refractivity contribution in [2.75, 3.05) is 18.4 Å². The summed E-state index contributed by atoms with van der Waals surface area (Å²) in [5.41, 5.74) is 0.896. The van der Waals surface area contributed by atoms with Gasteiger partial charge in [-0.15, -0.1) is 0 Å². The molecule has 2 rings (SSSR count). The Morgan fingerprint density at radius 2 is 1.89 bits per heavy atom. The maximum absolute atomic E-state index is 12.4. The van der Waals surface area contributed by atoms with Gasteiger partial charge in [-0.05, 0) is 38.7 Å². The standard InChI is InChI=1S/C19H28N4O4/c1-4-14(5-2)18(24)22-10-8-15(9-11-22)20-19(25)21-16-7-6-13(3)17(12-16)23(26)27/h6-7,12,14-15H,4-5,8-11H2,1-3H3,(H2,20,21,25). The van der Waals surface area contributed by atoms with E-state index in [0.717, 1.165) is 12.8 Å². The highest BCUT2D eigenvalue weighted by molar-refractivity contribution is 5.90. The molecule has 0 radical (unpaired) electrons. The molecule has 8 nitrogen and oxygen atoms in total. The van der Waals surface area contributed by atoms with Crippen LogP contribution in [0.25, 0.3) is 0 Å². The number of likely N-dealkylation sites (tertiary alicyclic amines) is 1. The van der Waals surface area contributed by atoms with Crippen LogP contribution in [0.2, 0.25) is 0 Å². The van der Waals surface area contributed by atoms with Crippen LogP contribution in [-0.2, 0) is 4.79 Å². The van der Waals surface area contributed by atoms with E-state index >= 15 is 0 Å². The molecule has 1 aliphatic rings. The van der Waals surface area contributed by atoms with Crippen LogP contribution in [0.4, 0.5) is 16.2 Å². The number of hydrogen-bond acceptors (Lipinski definition) is 4. The molecule has 1 aromatic rings. The maximum Gasteiger partial charge on any atom is 0.319 e. The summed E-state index contributed by atoms with van der Waals surface area (Å²) in [6.45, 7) is 6.98. The molecule has 3 amide bonds. The normalized spacial score (nSPS) is 14.9. The summed E-state index contributed by atoms with van der Waals surface area (Å²) in [5.74, 6) is 0.282. The van der Waals surface area contributed by atoms with E-state index < -0.39 is 11.0 Å². The average molecular weight is 376 g/mol. The Balaban J connectivity index is 1.85. The zero-order valence-corrected chi connectivity index (χ0v) is 16.2. The van der Waals surface area contributed by atoms with Crippen LogP contribution >= 0.6 is 0 Å². The van der Waals surface area contributed by atoms with Crippen molar-refractivity contribution in [3.8, 4) is 0 Å². The molecule has 148 valence electrons. The number of anilines is 1. The van der Waals surface area contributed by atoms with Gasteiger partial charge in [-0.25, -0.2) is 4.79 Å². The topological polar surface area (TPSA) is 105 Å². The highest BCUT2D eigenvalue weighted by atomic mass is 16.6. The van der Waals surface area contributed by atoms with Crippen molar-refractivity contribution in [3.05, 3.63) is 33.9 Å². The second kappa shape index (κ2) is 9.34. The van der Waals surface area contributed by atoms with Gasteiger partial charge in [0.05, 0.1) is 4.92 Å². The Hall–Kier alpha value is -2.64. The molecule has 1 fully saturated rings. The Morgan fingerprint density at radius 1 is 1.26 bits per heavy atom. The number of aryl methyl sites for hydroxylation is 1. The lowest BCUT2D eigenvalue weighted by molar-refractivity contribution is -0.385. The molecule has 27 heavy (non-hydrogen) atoms. The van der Waals surface area contributed by atoms with Gasteiger partial charge in [-0.1, -0.05) is 19.9 Å². The van der Waals surface area contributed by atoms with Gasteiger partial charge in [0.15, 0.2) is 0 Å². The van der Waals surface area contributed by atoms with Crippen LogP contribution in [-0.4, -0.2) is 40.9 Å². The van der Waals surface area contributed by atoms with Crippen LogP contribution in [0.15, 0.2) is 18.2 Å². The molecule has 1 saturated heterocycles. The largest absolute Gasteiger partial charge is 0.342 e. The molecule has 1 heterocycles. The minimum absolute atomic E-state index is 0.0174. The predicted octanol–water partition coefficient (Wildman–Crippen LogP) is 3.45. The molecule has 1 aliphatic heterocycles. The lowest BCUT2D eigenvalue weighted by atomic mass is 9.98. The molecule has 0 aliphatic carbocycles. The number of carbonyl (C=O) groups excluding carboxylic acids is 2. The van der Waals surface area contributed by atoms with E-state index in [9.17, 15) is 19.7 Å². The smallest absolute Gasteiger partial charge is 0.319 e. The second-order valence-electron chi connectivity index (χ2n) is 6.97.